The molecule has 102 valence electrons. The Bertz CT molecular complexity index is 775. The topological polar surface area (TPSA) is 43.8 Å². The second-order valence-corrected chi connectivity index (χ2v) is 4.37. The van der Waals surface area contributed by atoms with Crippen LogP contribution in [0.15, 0.2) is 48.8 Å². The van der Waals surface area contributed by atoms with Gasteiger partial charge in [0.15, 0.2) is 0 Å². The zero-order valence-corrected chi connectivity index (χ0v) is 10.2. The van der Waals surface area contributed by atoms with E-state index in [2.05, 4.69) is 4.98 Å². The third-order valence-electron chi connectivity index (χ3n) is 3.07. The molecule has 0 aliphatic carbocycles. The minimum absolute atomic E-state index is 0.0583. The highest BCUT2D eigenvalue weighted by molar-refractivity contribution is 5.79. The van der Waals surface area contributed by atoms with E-state index in [1.54, 1.807) is 10.9 Å². The highest BCUT2D eigenvalue weighted by atomic mass is 19.4. The first-order valence-corrected chi connectivity index (χ1v) is 5.86. The zero-order chi connectivity index (χ0) is 14.3. The fraction of sp³-hybridized carbons (Fsp3) is 0.0714. The van der Waals surface area contributed by atoms with Gasteiger partial charge in [-0.2, -0.15) is 13.2 Å². The molecule has 0 saturated heterocycles. The molecule has 1 aromatic heterocycles. The van der Waals surface area contributed by atoms with Crippen molar-refractivity contribution in [1.29, 1.82) is 0 Å². The van der Waals surface area contributed by atoms with Gasteiger partial charge in [-0.3, -0.25) is 4.57 Å². The molecule has 3 aromatic rings. The number of fused-ring (bicyclic) bond motifs is 1. The fourth-order valence-electron chi connectivity index (χ4n) is 2.10. The maximum absolute atomic E-state index is 12.6. The van der Waals surface area contributed by atoms with Crippen molar-refractivity contribution in [3.8, 4) is 5.69 Å². The van der Waals surface area contributed by atoms with Crippen LogP contribution in [0.2, 0.25) is 0 Å². The minimum atomic E-state index is -4.40. The highest BCUT2D eigenvalue weighted by Gasteiger charge is 2.30. The van der Waals surface area contributed by atoms with Gasteiger partial charge < -0.3 is 5.73 Å². The molecule has 0 saturated carbocycles. The number of hydrogen-bond donors (Lipinski definition) is 1. The van der Waals surface area contributed by atoms with Crippen LogP contribution in [0, 0.1) is 0 Å². The Morgan fingerprint density at radius 1 is 1.05 bits per heavy atom. The van der Waals surface area contributed by atoms with Crippen LogP contribution in [0.25, 0.3) is 16.7 Å². The first-order chi connectivity index (χ1) is 9.47. The predicted molar refractivity (Wildman–Crippen MR) is 70.5 cm³/mol. The molecule has 1 heterocycles. The van der Waals surface area contributed by atoms with Crippen LogP contribution >= 0.6 is 0 Å². The number of hydrogen-bond acceptors (Lipinski definition) is 2. The molecule has 3 rings (SSSR count). The summed E-state index contributed by atoms with van der Waals surface area (Å²) in [5.74, 6) is 0. The normalized spacial score (nSPS) is 11.9. The number of benzene rings is 2. The van der Waals surface area contributed by atoms with Crippen LogP contribution in [0.4, 0.5) is 18.9 Å². The van der Waals surface area contributed by atoms with Gasteiger partial charge in [-0.15, -0.1) is 0 Å². The van der Waals surface area contributed by atoms with E-state index >= 15 is 0 Å². The van der Waals surface area contributed by atoms with Gasteiger partial charge in [0, 0.05) is 0 Å². The lowest BCUT2D eigenvalue weighted by Gasteiger charge is -2.12. The maximum atomic E-state index is 12.6. The second kappa shape index (κ2) is 4.26. The molecule has 0 amide bonds. The fourth-order valence-corrected chi connectivity index (χ4v) is 2.10. The number of halogens is 3. The highest BCUT2D eigenvalue weighted by Crippen LogP contribution is 2.33. The van der Waals surface area contributed by atoms with E-state index in [9.17, 15) is 13.2 Å². The monoisotopic (exact) mass is 277 g/mol. The van der Waals surface area contributed by atoms with Crippen molar-refractivity contribution in [2.24, 2.45) is 0 Å². The average Bonchev–Trinajstić information content (AvgIpc) is 2.81. The van der Waals surface area contributed by atoms with Crippen molar-refractivity contribution >= 4 is 16.7 Å². The Kier molecular flexibility index (Phi) is 2.67. The van der Waals surface area contributed by atoms with Gasteiger partial charge >= 0.3 is 6.18 Å². The lowest BCUT2D eigenvalue weighted by molar-refractivity contribution is -0.137. The van der Waals surface area contributed by atoms with Gasteiger partial charge in [-0.25, -0.2) is 4.98 Å². The van der Waals surface area contributed by atoms with Crippen LogP contribution in [0.1, 0.15) is 5.56 Å². The van der Waals surface area contributed by atoms with Crippen LogP contribution in [0.3, 0.4) is 0 Å². The Morgan fingerprint density at radius 2 is 1.80 bits per heavy atom. The number of para-hydroxylation sites is 2. The Balaban J connectivity index is 2.16. The Hall–Kier alpha value is -2.50. The first kappa shape index (κ1) is 12.5. The molecule has 20 heavy (non-hydrogen) atoms. The molecule has 6 heteroatoms. The average molecular weight is 277 g/mol. The molecule has 0 aliphatic heterocycles. The van der Waals surface area contributed by atoms with E-state index in [4.69, 9.17) is 5.73 Å². The van der Waals surface area contributed by atoms with E-state index in [0.29, 0.717) is 5.69 Å². The minimum Gasteiger partial charge on any atom is -0.397 e. The Morgan fingerprint density at radius 3 is 2.50 bits per heavy atom. The summed E-state index contributed by atoms with van der Waals surface area (Å²) in [7, 11) is 0. The molecule has 0 unspecified atom stereocenters. The van der Waals surface area contributed by atoms with E-state index in [0.717, 1.165) is 23.2 Å². The lowest BCUT2D eigenvalue weighted by Crippen LogP contribution is -2.07. The first-order valence-electron chi connectivity index (χ1n) is 5.86. The summed E-state index contributed by atoms with van der Waals surface area (Å²) < 4.78 is 39.5. The molecule has 2 N–H and O–H groups in total. The predicted octanol–water partition coefficient (Wildman–Crippen LogP) is 3.63. The Labute approximate surface area is 112 Å². The van der Waals surface area contributed by atoms with Crippen molar-refractivity contribution in [2.45, 2.75) is 6.18 Å². The van der Waals surface area contributed by atoms with Crippen molar-refractivity contribution in [3.63, 3.8) is 0 Å². The van der Waals surface area contributed by atoms with Gasteiger partial charge in [0.25, 0.3) is 0 Å². The number of aromatic nitrogens is 2. The van der Waals surface area contributed by atoms with Crippen molar-refractivity contribution < 1.29 is 13.2 Å². The summed E-state index contributed by atoms with van der Waals surface area (Å²) in [5.41, 5.74) is 7.07. The molecule has 0 bridgehead atoms. The third-order valence-corrected chi connectivity index (χ3v) is 3.07. The largest absolute Gasteiger partial charge is 0.416 e. The molecule has 3 nitrogen and oxygen atoms in total. The molecule has 0 aliphatic rings. The smallest absolute Gasteiger partial charge is 0.397 e. The lowest BCUT2D eigenvalue weighted by atomic mass is 10.1. The van der Waals surface area contributed by atoms with E-state index < -0.39 is 11.7 Å². The third kappa shape index (κ3) is 1.99. The summed E-state index contributed by atoms with van der Waals surface area (Å²) in [6, 6.07) is 10.6. The molecular formula is C14H10F3N3. The molecule has 0 atom stereocenters. The number of nitrogen functional groups attached to an aromatic ring is 1. The van der Waals surface area contributed by atoms with Gasteiger partial charge in [0.1, 0.15) is 6.33 Å². The zero-order valence-electron chi connectivity index (χ0n) is 10.2. The summed E-state index contributed by atoms with van der Waals surface area (Å²) in [4.78, 5) is 4.19. The molecule has 0 fully saturated rings. The van der Waals surface area contributed by atoms with Gasteiger partial charge in [-0.1, -0.05) is 12.1 Å². The standard InChI is InChI=1S/C14H10F3N3/c15-14(16,17)9-5-6-12(10(18)7-9)20-8-19-11-3-1-2-4-13(11)20/h1-8H,18H2. The molecular weight excluding hydrogens is 267 g/mol. The summed E-state index contributed by atoms with van der Waals surface area (Å²) in [6.45, 7) is 0. The molecule has 0 spiro atoms. The van der Waals surface area contributed by atoms with Crippen LogP contribution in [-0.4, -0.2) is 9.55 Å². The SMILES string of the molecule is Nc1cc(C(F)(F)F)ccc1-n1cnc2ccccc21. The quantitative estimate of drug-likeness (QED) is 0.690. The summed E-state index contributed by atoms with van der Waals surface area (Å²) >= 11 is 0. The number of anilines is 1. The molecule has 2 aromatic carbocycles. The number of imidazole rings is 1. The van der Waals surface area contributed by atoms with Gasteiger partial charge in [-0.05, 0) is 30.3 Å². The van der Waals surface area contributed by atoms with Gasteiger partial charge in [0.2, 0.25) is 0 Å². The van der Waals surface area contributed by atoms with E-state index in [-0.39, 0.29) is 5.69 Å². The van der Waals surface area contributed by atoms with E-state index in [1.807, 2.05) is 24.3 Å². The summed E-state index contributed by atoms with van der Waals surface area (Å²) in [5, 5.41) is 0. The van der Waals surface area contributed by atoms with Crippen LogP contribution in [0.5, 0.6) is 0 Å². The van der Waals surface area contributed by atoms with Gasteiger partial charge in [0.05, 0.1) is 28.0 Å². The van der Waals surface area contributed by atoms with Crippen molar-refractivity contribution in [3.05, 3.63) is 54.4 Å². The van der Waals surface area contributed by atoms with E-state index in [1.165, 1.54) is 6.07 Å². The number of nitrogens with two attached hydrogens (primary N) is 1. The van der Waals surface area contributed by atoms with Crippen LogP contribution in [-0.2, 0) is 6.18 Å². The van der Waals surface area contributed by atoms with Crippen LogP contribution < -0.4 is 5.73 Å². The molecule has 0 radical (unpaired) electrons. The number of nitrogens with zero attached hydrogens (tertiary/aromatic N) is 2. The number of alkyl halides is 3. The maximum Gasteiger partial charge on any atom is 0.416 e. The van der Waals surface area contributed by atoms with Crippen molar-refractivity contribution in [2.75, 3.05) is 5.73 Å². The second-order valence-electron chi connectivity index (χ2n) is 4.37. The number of rotatable bonds is 1. The summed E-state index contributed by atoms with van der Waals surface area (Å²) in [6.07, 6.45) is -2.85. The van der Waals surface area contributed by atoms with Crippen molar-refractivity contribution in [1.82, 2.24) is 9.55 Å².